The number of hydrogen-bond acceptors (Lipinski definition) is 5. The summed E-state index contributed by atoms with van der Waals surface area (Å²) < 4.78 is 18.6. The van der Waals surface area contributed by atoms with Crippen LogP contribution in [0.15, 0.2) is 48.7 Å². The number of ether oxygens (including phenoxy) is 1. The second-order valence-electron chi connectivity index (χ2n) is 6.23. The van der Waals surface area contributed by atoms with Crippen LogP contribution in [0.3, 0.4) is 0 Å². The fourth-order valence-electron chi connectivity index (χ4n) is 2.87. The smallest absolute Gasteiger partial charge is 0.261 e. The highest BCUT2D eigenvalue weighted by Gasteiger charge is 2.16. The number of nitrogens with zero attached hydrogens (tertiary/aromatic N) is 1. The van der Waals surface area contributed by atoms with Crippen molar-refractivity contribution in [1.29, 1.82) is 0 Å². The lowest BCUT2D eigenvalue weighted by Crippen LogP contribution is -2.22. The summed E-state index contributed by atoms with van der Waals surface area (Å²) in [5.41, 5.74) is 2.14. The summed E-state index contributed by atoms with van der Waals surface area (Å²) in [6.07, 6.45) is 2.59. The summed E-state index contributed by atoms with van der Waals surface area (Å²) in [4.78, 5) is 18.6. The van der Waals surface area contributed by atoms with E-state index in [1.807, 2.05) is 12.1 Å². The van der Waals surface area contributed by atoms with Crippen molar-refractivity contribution in [2.75, 3.05) is 6.54 Å². The molecule has 0 bridgehead atoms. The van der Waals surface area contributed by atoms with Gasteiger partial charge in [0.1, 0.15) is 11.6 Å². The largest absolute Gasteiger partial charge is 0.439 e. The molecule has 0 fully saturated rings. The molecule has 2 N–H and O–H groups in total. The molecule has 1 aromatic carbocycles. The summed E-state index contributed by atoms with van der Waals surface area (Å²) in [5.74, 6) is 0.499. The van der Waals surface area contributed by atoms with E-state index < -0.39 is 0 Å². The normalized spacial score (nSPS) is 13.1. The molecule has 0 radical (unpaired) electrons. The van der Waals surface area contributed by atoms with Crippen molar-refractivity contribution in [2.45, 2.75) is 19.5 Å². The molecular weight excluding hydrogens is 365 g/mol. The van der Waals surface area contributed by atoms with Crippen LogP contribution in [0, 0.1) is 5.82 Å². The topological polar surface area (TPSA) is 63.2 Å². The van der Waals surface area contributed by atoms with Gasteiger partial charge in [-0.1, -0.05) is 0 Å². The van der Waals surface area contributed by atoms with E-state index in [9.17, 15) is 9.18 Å². The first-order chi connectivity index (χ1) is 13.2. The third kappa shape index (κ3) is 4.32. The molecule has 3 heterocycles. The van der Waals surface area contributed by atoms with Crippen molar-refractivity contribution in [3.63, 3.8) is 0 Å². The van der Waals surface area contributed by atoms with Crippen LogP contribution in [-0.4, -0.2) is 17.4 Å². The number of hydrogen-bond donors (Lipinski definition) is 2. The lowest BCUT2D eigenvalue weighted by atomic mass is 10.1. The molecule has 0 saturated heterocycles. The molecule has 27 heavy (non-hydrogen) atoms. The van der Waals surface area contributed by atoms with Crippen molar-refractivity contribution in [3.05, 3.63) is 75.4 Å². The second-order valence-corrected chi connectivity index (χ2v) is 7.36. The number of fused-ring (bicyclic) bond motifs is 1. The molecule has 1 amide bonds. The first-order valence-corrected chi connectivity index (χ1v) is 9.48. The van der Waals surface area contributed by atoms with E-state index in [2.05, 4.69) is 15.6 Å². The van der Waals surface area contributed by atoms with E-state index in [1.54, 1.807) is 35.7 Å². The summed E-state index contributed by atoms with van der Waals surface area (Å²) in [6, 6.07) is 11.3. The van der Waals surface area contributed by atoms with Crippen molar-refractivity contribution in [2.24, 2.45) is 0 Å². The van der Waals surface area contributed by atoms with Crippen molar-refractivity contribution in [3.8, 4) is 11.6 Å². The molecule has 0 aliphatic carbocycles. The SMILES string of the molecule is O=C(NCc1ccnc(Oc2ccc(F)cc2)c1)c1cc2c(s1)CNCC2. The maximum atomic E-state index is 13.0. The number of carbonyl (C=O) groups excluding carboxylic acids is 1. The van der Waals surface area contributed by atoms with Crippen molar-refractivity contribution in [1.82, 2.24) is 15.6 Å². The van der Waals surface area contributed by atoms with E-state index in [1.165, 1.54) is 22.6 Å². The van der Waals surface area contributed by atoms with Gasteiger partial charge in [-0.2, -0.15) is 0 Å². The van der Waals surface area contributed by atoms with Crippen LogP contribution in [0.2, 0.25) is 0 Å². The van der Waals surface area contributed by atoms with E-state index in [0.29, 0.717) is 18.2 Å². The summed E-state index contributed by atoms with van der Waals surface area (Å²) in [6.45, 7) is 2.17. The Morgan fingerprint density at radius 3 is 2.93 bits per heavy atom. The van der Waals surface area contributed by atoms with Crippen LogP contribution in [0.1, 0.15) is 25.7 Å². The van der Waals surface area contributed by atoms with Crippen LogP contribution in [-0.2, 0) is 19.5 Å². The van der Waals surface area contributed by atoms with Crippen LogP contribution in [0.25, 0.3) is 0 Å². The van der Waals surface area contributed by atoms with Gasteiger partial charge < -0.3 is 15.4 Å². The number of halogens is 1. The van der Waals surface area contributed by atoms with Gasteiger partial charge in [-0.05, 0) is 60.5 Å². The number of amides is 1. The third-order valence-corrected chi connectivity index (χ3v) is 5.44. The molecule has 7 heteroatoms. The number of aromatic nitrogens is 1. The fourth-order valence-corrected chi connectivity index (χ4v) is 3.97. The minimum Gasteiger partial charge on any atom is -0.439 e. The van der Waals surface area contributed by atoms with Gasteiger partial charge in [-0.3, -0.25) is 4.79 Å². The van der Waals surface area contributed by atoms with Gasteiger partial charge in [-0.25, -0.2) is 9.37 Å². The van der Waals surface area contributed by atoms with E-state index in [-0.39, 0.29) is 11.7 Å². The molecule has 5 nitrogen and oxygen atoms in total. The van der Waals surface area contributed by atoms with Crippen LogP contribution >= 0.6 is 11.3 Å². The molecule has 4 rings (SSSR count). The Labute approximate surface area is 160 Å². The molecular formula is C20H18FN3O2S. The zero-order valence-electron chi connectivity index (χ0n) is 14.5. The van der Waals surface area contributed by atoms with Gasteiger partial charge in [0.25, 0.3) is 5.91 Å². The predicted molar refractivity (Wildman–Crippen MR) is 102 cm³/mol. The van der Waals surface area contributed by atoms with E-state index >= 15 is 0 Å². The van der Waals surface area contributed by atoms with Crippen LogP contribution in [0.5, 0.6) is 11.6 Å². The standard InChI is InChI=1S/C20H18FN3O2S/c21-15-1-3-16(4-2-15)26-19-9-13(5-8-23-19)11-24-20(25)17-10-14-6-7-22-12-18(14)27-17/h1-5,8-10,22H,6-7,11-12H2,(H,24,25). The van der Waals surface area contributed by atoms with Crippen LogP contribution < -0.4 is 15.4 Å². The number of nitrogens with one attached hydrogen (secondary N) is 2. The average molecular weight is 383 g/mol. The fraction of sp³-hybridized carbons (Fsp3) is 0.200. The monoisotopic (exact) mass is 383 g/mol. The maximum absolute atomic E-state index is 13.0. The van der Waals surface area contributed by atoms with E-state index in [4.69, 9.17) is 4.74 Å². The average Bonchev–Trinajstić information content (AvgIpc) is 3.13. The van der Waals surface area contributed by atoms with Gasteiger partial charge in [0.05, 0.1) is 4.88 Å². The summed E-state index contributed by atoms with van der Waals surface area (Å²) >= 11 is 1.54. The van der Waals surface area contributed by atoms with Gasteiger partial charge in [0.2, 0.25) is 5.88 Å². The molecule has 0 spiro atoms. The van der Waals surface area contributed by atoms with Gasteiger partial charge in [0, 0.05) is 30.2 Å². The summed E-state index contributed by atoms with van der Waals surface area (Å²) in [5, 5.41) is 6.26. The predicted octanol–water partition coefficient (Wildman–Crippen LogP) is 3.65. The molecule has 138 valence electrons. The van der Waals surface area contributed by atoms with Crippen molar-refractivity contribution < 1.29 is 13.9 Å². The first kappa shape index (κ1) is 17.6. The van der Waals surface area contributed by atoms with E-state index in [0.717, 1.165) is 30.0 Å². The molecule has 2 aromatic heterocycles. The highest BCUT2D eigenvalue weighted by molar-refractivity contribution is 7.14. The van der Waals surface area contributed by atoms with Gasteiger partial charge in [0.15, 0.2) is 0 Å². The zero-order valence-corrected chi connectivity index (χ0v) is 15.3. The minimum atomic E-state index is -0.321. The number of carbonyl (C=O) groups is 1. The number of benzene rings is 1. The quantitative estimate of drug-likeness (QED) is 0.706. The molecule has 0 unspecified atom stereocenters. The number of thiophene rings is 1. The Kier molecular flexibility index (Phi) is 5.13. The lowest BCUT2D eigenvalue weighted by molar-refractivity contribution is 0.0955. The Hall–Kier alpha value is -2.77. The highest BCUT2D eigenvalue weighted by Crippen LogP contribution is 2.25. The maximum Gasteiger partial charge on any atom is 0.261 e. The van der Waals surface area contributed by atoms with Gasteiger partial charge in [-0.15, -0.1) is 11.3 Å². The second kappa shape index (κ2) is 7.85. The Morgan fingerprint density at radius 1 is 1.26 bits per heavy atom. The molecule has 3 aromatic rings. The number of pyridine rings is 1. The Bertz CT molecular complexity index is 933. The van der Waals surface area contributed by atoms with Crippen molar-refractivity contribution >= 4 is 17.2 Å². The Morgan fingerprint density at radius 2 is 2.11 bits per heavy atom. The summed E-state index contributed by atoms with van der Waals surface area (Å²) in [7, 11) is 0. The van der Waals surface area contributed by atoms with Crippen LogP contribution in [0.4, 0.5) is 4.39 Å². The lowest BCUT2D eigenvalue weighted by Gasteiger charge is -2.10. The molecule has 0 atom stereocenters. The first-order valence-electron chi connectivity index (χ1n) is 8.66. The zero-order chi connectivity index (χ0) is 18.6. The van der Waals surface area contributed by atoms with Gasteiger partial charge >= 0.3 is 0 Å². The minimum absolute atomic E-state index is 0.0767. The molecule has 1 aliphatic heterocycles. The molecule has 0 saturated carbocycles. The molecule has 1 aliphatic rings. The Balaban J connectivity index is 1.38. The number of rotatable bonds is 5. The highest BCUT2D eigenvalue weighted by atomic mass is 32.1. The third-order valence-electron chi connectivity index (χ3n) is 4.27.